The largest absolute Gasteiger partial charge is 0.483 e. The number of amides is 1. The van der Waals surface area contributed by atoms with Gasteiger partial charge in [0.05, 0.1) is 36.5 Å². The molecule has 6 rings (SSSR count). The summed E-state index contributed by atoms with van der Waals surface area (Å²) in [4.78, 5) is 33.6. The van der Waals surface area contributed by atoms with E-state index in [0.29, 0.717) is 37.9 Å². The minimum Gasteiger partial charge on any atom is -0.483 e. The van der Waals surface area contributed by atoms with Crippen LogP contribution in [0.25, 0.3) is 22.3 Å². The Morgan fingerprint density at radius 2 is 1.82 bits per heavy atom. The van der Waals surface area contributed by atoms with Gasteiger partial charge < -0.3 is 24.4 Å². The number of hydrogen-bond acceptors (Lipinski definition) is 8. The van der Waals surface area contributed by atoms with E-state index >= 15 is 0 Å². The quantitative estimate of drug-likeness (QED) is 0.625. The molecular formula is C24H26N6O4. The Balaban J connectivity index is 1.37. The Bertz CT molecular complexity index is 1210. The van der Waals surface area contributed by atoms with Gasteiger partial charge in [-0.25, -0.2) is 14.8 Å². The molecule has 3 fully saturated rings. The summed E-state index contributed by atoms with van der Waals surface area (Å²) in [6, 6.07) is 3.79. The van der Waals surface area contributed by atoms with E-state index in [2.05, 4.69) is 14.9 Å². The maximum absolute atomic E-state index is 11.5. The van der Waals surface area contributed by atoms with Gasteiger partial charge in [-0.15, -0.1) is 0 Å². The molecule has 1 amide bonds. The van der Waals surface area contributed by atoms with Crippen molar-refractivity contribution >= 4 is 22.8 Å². The van der Waals surface area contributed by atoms with Crippen LogP contribution < -0.4 is 9.64 Å². The molecule has 3 saturated heterocycles. The van der Waals surface area contributed by atoms with Crippen LogP contribution in [0.3, 0.4) is 0 Å². The molecule has 0 aliphatic carbocycles. The van der Waals surface area contributed by atoms with Crippen molar-refractivity contribution in [2.45, 2.75) is 25.4 Å². The Morgan fingerprint density at radius 3 is 2.50 bits per heavy atom. The van der Waals surface area contributed by atoms with Crippen molar-refractivity contribution in [3.05, 3.63) is 36.9 Å². The molecule has 10 nitrogen and oxygen atoms in total. The number of likely N-dealkylation sites (tertiary alicyclic amines) is 1. The van der Waals surface area contributed by atoms with E-state index in [1.807, 2.05) is 12.1 Å². The molecule has 0 bridgehead atoms. The molecule has 0 saturated carbocycles. The van der Waals surface area contributed by atoms with E-state index in [0.717, 1.165) is 54.6 Å². The van der Waals surface area contributed by atoms with Gasteiger partial charge in [0.2, 0.25) is 0 Å². The highest BCUT2D eigenvalue weighted by molar-refractivity contribution is 5.95. The molecular weight excluding hydrogens is 436 g/mol. The van der Waals surface area contributed by atoms with Gasteiger partial charge in [0.15, 0.2) is 11.6 Å². The Kier molecular flexibility index (Phi) is 5.17. The SMILES string of the molecule is O=C(O)N1CCC2(CCN(c3nc(-c4ccncc4)nc4cncc(OC5COC5)c34)CC2)C1. The summed E-state index contributed by atoms with van der Waals surface area (Å²) in [7, 11) is 0. The fraction of sp³-hybridized carbons (Fsp3) is 0.458. The standard InChI is InChI=1S/C24H26N6O4/c31-23(32)30-10-5-24(15-30)3-8-29(9-4-24)22-20-18(11-26-12-19(20)34-17-13-33-14-17)27-21(28-22)16-1-6-25-7-2-16/h1-2,6-7,11-12,17H,3-5,8-10,13-15H2,(H,31,32). The highest BCUT2D eigenvalue weighted by Gasteiger charge is 2.42. The second-order valence-electron chi connectivity index (χ2n) is 9.36. The van der Waals surface area contributed by atoms with Crippen molar-refractivity contribution in [3.63, 3.8) is 0 Å². The van der Waals surface area contributed by atoms with Crippen molar-refractivity contribution in [1.82, 2.24) is 24.8 Å². The molecule has 3 aromatic heterocycles. The molecule has 6 heterocycles. The Hall–Kier alpha value is -3.53. The molecule has 3 aliphatic rings. The molecule has 0 unspecified atom stereocenters. The molecule has 3 aliphatic heterocycles. The summed E-state index contributed by atoms with van der Waals surface area (Å²) in [6.07, 6.45) is 8.89. The van der Waals surface area contributed by atoms with Gasteiger partial charge in [0.1, 0.15) is 11.9 Å². The zero-order valence-electron chi connectivity index (χ0n) is 18.8. The zero-order valence-corrected chi connectivity index (χ0v) is 18.8. The highest BCUT2D eigenvalue weighted by Crippen LogP contribution is 2.43. The lowest BCUT2D eigenvalue weighted by Gasteiger charge is -2.40. The number of rotatable bonds is 4. The lowest BCUT2D eigenvalue weighted by molar-refractivity contribution is -0.0792. The summed E-state index contributed by atoms with van der Waals surface area (Å²) >= 11 is 0. The smallest absolute Gasteiger partial charge is 0.407 e. The number of nitrogens with zero attached hydrogens (tertiary/aromatic N) is 6. The lowest BCUT2D eigenvalue weighted by atomic mass is 9.78. The maximum atomic E-state index is 11.5. The molecule has 176 valence electrons. The van der Waals surface area contributed by atoms with Crippen molar-refractivity contribution in [2.24, 2.45) is 5.41 Å². The number of piperidine rings is 1. The molecule has 1 spiro atoms. The average Bonchev–Trinajstić information content (AvgIpc) is 3.26. The molecule has 1 N–H and O–H groups in total. The van der Waals surface area contributed by atoms with E-state index < -0.39 is 6.09 Å². The first-order chi connectivity index (χ1) is 16.6. The van der Waals surface area contributed by atoms with Crippen LogP contribution in [0.5, 0.6) is 5.75 Å². The third kappa shape index (κ3) is 3.77. The van der Waals surface area contributed by atoms with Crippen LogP contribution in [0, 0.1) is 5.41 Å². The van der Waals surface area contributed by atoms with Crippen molar-refractivity contribution in [3.8, 4) is 17.1 Å². The second-order valence-corrected chi connectivity index (χ2v) is 9.36. The number of anilines is 1. The third-order valence-electron chi connectivity index (χ3n) is 7.23. The predicted octanol–water partition coefficient (Wildman–Crippen LogP) is 2.83. The molecule has 0 atom stereocenters. The summed E-state index contributed by atoms with van der Waals surface area (Å²) in [5.74, 6) is 2.12. The van der Waals surface area contributed by atoms with Gasteiger partial charge in [-0.1, -0.05) is 0 Å². The predicted molar refractivity (Wildman–Crippen MR) is 124 cm³/mol. The van der Waals surface area contributed by atoms with Crippen molar-refractivity contribution in [1.29, 1.82) is 0 Å². The van der Waals surface area contributed by atoms with E-state index in [4.69, 9.17) is 19.4 Å². The number of hydrogen-bond donors (Lipinski definition) is 1. The first-order valence-electron chi connectivity index (χ1n) is 11.6. The number of pyridine rings is 2. The average molecular weight is 463 g/mol. The van der Waals surface area contributed by atoms with Gasteiger partial charge >= 0.3 is 6.09 Å². The van der Waals surface area contributed by atoms with Crippen LogP contribution in [0.1, 0.15) is 19.3 Å². The topological polar surface area (TPSA) is 114 Å². The van der Waals surface area contributed by atoms with Crippen LogP contribution >= 0.6 is 0 Å². The zero-order chi connectivity index (χ0) is 23.1. The fourth-order valence-electron chi connectivity index (χ4n) is 5.15. The van der Waals surface area contributed by atoms with Crippen molar-refractivity contribution in [2.75, 3.05) is 44.3 Å². The summed E-state index contributed by atoms with van der Waals surface area (Å²) in [6.45, 7) is 3.95. The Labute approximate surface area is 196 Å². The molecule has 0 aromatic carbocycles. The minimum absolute atomic E-state index is 0.00485. The van der Waals surface area contributed by atoms with E-state index in [1.54, 1.807) is 29.7 Å². The monoisotopic (exact) mass is 462 g/mol. The van der Waals surface area contributed by atoms with E-state index in [9.17, 15) is 9.90 Å². The number of aromatic nitrogens is 4. The van der Waals surface area contributed by atoms with Gasteiger partial charge in [-0.2, -0.15) is 0 Å². The van der Waals surface area contributed by atoms with Crippen LogP contribution in [-0.4, -0.2) is 81.5 Å². The molecule has 34 heavy (non-hydrogen) atoms. The molecule has 3 aromatic rings. The molecule has 10 heteroatoms. The summed E-state index contributed by atoms with van der Waals surface area (Å²) < 4.78 is 11.5. The third-order valence-corrected chi connectivity index (χ3v) is 7.23. The first kappa shape index (κ1) is 21.0. The van der Waals surface area contributed by atoms with Crippen LogP contribution in [0.15, 0.2) is 36.9 Å². The maximum Gasteiger partial charge on any atom is 0.407 e. The lowest BCUT2D eigenvalue weighted by Crippen LogP contribution is -2.42. The van der Waals surface area contributed by atoms with E-state index in [-0.39, 0.29) is 11.5 Å². The van der Waals surface area contributed by atoms with Gasteiger partial charge in [-0.3, -0.25) is 9.97 Å². The second kappa shape index (κ2) is 8.35. The fourth-order valence-corrected chi connectivity index (χ4v) is 5.15. The number of carboxylic acid groups (broad SMARTS) is 1. The summed E-state index contributed by atoms with van der Waals surface area (Å²) in [5, 5.41) is 10.3. The van der Waals surface area contributed by atoms with Crippen LogP contribution in [0.4, 0.5) is 10.6 Å². The highest BCUT2D eigenvalue weighted by atomic mass is 16.6. The normalized spacial score (nSPS) is 20.0. The van der Waals surface area contributed by atoms with Gasteiger partial charge in [-0.05, 0) is 36.8 Å². The summed E-state index contributed by atoms with van der Waals surface area (Å²) in [5.41, 5.74) is 1.67. The van der Waals surface area contributed by atoms with Crippen LogP contribution in [-0.2, 0) is 4.74 Å². The Morgan fingerprint density at radius 1 is 1.06 bits per heavy atom. The van der Waals surface area contributed by atoms with Crippen LogP contribution in [0.2, 0.25) is 0 Å². The van der Waals surface area contributed by atoms with E-state index in [1.165, 1.54) is 0 Å². The van der Waals surface area contributed by atoms with Gasteiger partial charge in [0.25, 0.3) is 0 Å². The molecule has 0 radical (unpaired) electrons. The first-order valence-corrected chi connectivity index (χ1v) is 11.6. The van der Waals surface area contributed by atoms with Gasteiger partial charge in [0, 0.05) is 44.1 Å². The number of fused-ring (bicyclic) bond motifs is 1. The van der Waals surface area contributed by atoms with Crippen molar-refractivity contribution < 1.29 is 19.4 Å². The number of ether oxygens (including phenoxy) is 2. The number of carbonyl (C=O) groups is 1. The minimum atomic E-state index is -0.822.